The zero-order valence-corrected chi connectivity index (χ0v) is 15.3. The molecule has 0 aliphatic rings. The minimum Gasteiger partial charge on any atom is -0.476 e. The summed E-state index contributed by atoms with van der Waals surface area (Å²) >= 11 is 6.82. The Morgan fingerprint density at radius 2 is 1.79 bits per heavy atom. The van der Waals surface area contributed by atoms with Gasteiger partial charge in [-0.25, -0.2) is 9.79 Å². The molecule has 0 unspecified atom stereocenters. The van der Waals surface area contributed by atoms with Gasteiger partial charge in [-0.1, -0.05) is 67.3 Å². The Balaban J connectivity index is 2.05. The van der Waals surface area contributed by atoms with Crippen LogP contribution in [0.15, 0.2) is 67.0 Å². The first-order chi connectivity index (χ1) is 11.5. The molecule has 0 amide bonds. The lowest BCUT2D eigenvalue weighted by atomic mass is 10.1. The summed E-state index contributed by atoms with van der Waals surface area (Å²) in [6.07, 6.45) is 1.59. The fraction of sp³-hybridized carbons (Fsp3) is 0. The predicted molar refractivity (Wildman–Crippen MR) is 98.0 cm³/mol. The summed E-state index contributed by atoms with van der Waals surface area (Å²) in [5.74, 6) is -1.01. The third-order valence-corrected chi connectivity index (χ3v) is 4.07. The van der Waals surface area contributed by atoms with E-state index in [2.05, 4.69) is 42.0 Å². The van der Waals surface area contributed by atoms with Crippen LogP contribution in [0.3, 0.4) is 0 Å². The van der Waals surface area contributed by atoms with Gasteiger partial charge in [0.25, 0.3) is 5.88 Å². The molecule has 0 spiro atoms. The van der Waals surface area contributed by atoms with Crippen molar-refractivity contribution in [1.82, 2.24) is 5.16 Å². The Morgan fingerprint density at radius 1 is 1.12 bits per heavy atom. The minimum atomic E-state index is -1.16. The number of aliphatic imine (C=N–C) groups is 1. The predicted octanol–water partition coefficient (Wildman–Crippen LogP) is 5.32. The van der Waals surface area contributed by atoms with Crippen LogP contribution < -0.4 is 0 Å². The molecule has 1 heterocycles. The average molecular weight is 450 g/mol. The molecule has 7 heteroatoms. The van der Waals surface area contributed by atoms with E-state index in [4.69, 9.17) is 4.52 Å². The lowest BCUT2D eigenvalue weighted by Crippen LogP contribution is -1.98. The number of rotatable bonds is 4. The molecule has 0 atom stereocenters. The standard InChI is InChI=1S/C17H10Br2N2O3/c18-12-6-10(7-13(19)8-12)9-20-16-14(11-4-2-1-3-5-11)15(17(22)23)21-24-16/h1-9H,(H,22,23)/b20-9+. The fourth-order valence-corrected chi connectivity index (χ4v) is 3.49. The van der Waals surface area contributed by atoms with Crippen LogP contribution in [-0.2, 0) is 0 Å². The van der Waals surface area contributed by atoms with Gasteiger partial charge < -0.3 is 9.63 Å². The maximum atomic E-state index is 11.4. The summed E-state index contributed by atoms with van der Waals surface area (Å²) in [5, 5.41) is 12.9. The minimum absolute atomic E-state index is 0.148. The van der Waals surface area contributed by atoms with E-state index < -0.39 is 5.97 Å². The Bertz CT molecular complexity index is 901. The van der Waals surface area contributed by atoms with Gasteiger partial charge in [0, 0.05) is 15.2 Å². The van der Waals surface area contributed by atoms with Gasteiger partial charge in [0.15, 0.2) is 0 Å². The summed E-state index contributed by atoms with van der Waals surface area (Å²) in [7, 11) is 0. The molecule has 2 aromatic carbocycles. The van der Waals surface area contributed by atoms with Crippen LogP contribution >= 0.6 is 31.9 Å². The van der Waals surface area contributed by atoms with Crippen LogP contribution in [0.2, 0.25) is 0 Å². The first-order valence-corrected chi connectivity index (χ1v) is 8.42. The Kier molecular flexibility index (Phi) is 4.92. The molecule has 5 nitrogen and oxygen atoms in total. The zero-order chi connectivity index (χ0) is 17.1. The van der Waals surface area contributed by atoms with Crippen LogP contribution in [0, 0.1) is 0 Å². The van der Waals surface area contributed by atoms with E-state index in [9.17, 15) is 9.90 Å². The third-order valence-electron chi connectivity index (χ3n) is 3.15. The first kappa shape index (κ1) is 16.6. The lowest BCUT2D eigenvalue weighted by molar-refractivity contribution is 0.0686. The highest BCUT2D eigenvalue weighted by molar-refractivity contribution is 9.11. The summed E-state index contributed by atoms with van der Waals surface area (Å²) in [4.78, 5) is 15.7. The summed E-state index contributed by atoms with van der Waals surface area (Å²) < 4.78 is 6.93. The monoisotopic (exact) mass is 448 g/mol. The molecule has 3 aromatic rings. The second-order valence-electron chi connectivity index (χ2n) is 4.84. The van der Waals surface area contributed by atoms with E-state index in [0.29, 0.717) is 11.1 Å². The van der Waals surface area contributed by atoms with Gasteiger partial charge >= 0.3 is 5.97 Å². The van der Waals surface area contributed by atoms with Crippen LogP contribution in [0.25, 0.3) is 11.1 Å². The molecule has 24 heavy (non-hydrogen) atoms. The van der Waals surface area contributed by atoms with Gasteiger partial charge in [0.1, 0.15) is 0 Å². The first-order valence-electron chi connectivity index (χ1n) is 6.83. The summed E-state index contributed by atoms with van der Waals surface area (Å²) in [6.45, 7) is 0. The number of aromatic nitrogens is 1. The van der Waals surface area contributed by atoms with Crippen molar-refractivity contribution in [2.75, 3.05) is 0 Å². The lowest BCUT2D eigenvalue weighted by Gasteiger charge is -2.00. The molecule has 1 N–H and O–H groups in total. The number of carboxylic acids is 1. The van der Waals surface area contributed by atoms with Crippen molar-refractivity contribution in [3.05, 3.63) is 68.7 Å². The van der Waals surface area contributed by atoms with Crippen molar-refractivity contribution >= 4 is 49.9 Å². The number of benzene rings is 2. The highest BCUT2D eigenvalue weighted by Gasteiger charge is 2.22. The van der Waals surface area contributed by atoms with E-state index in [1.165, 1.54) is 0 Å². The van der Waals surface area contributed by atoms with Crippen LogP contribution in [0.4, 0.5) is 5.88 Å². The normalized spacial score (nSPS) is 11.1. The summed E-state index contributed by atoms with van der Waals surface area (Å²) in [5.41, 5.74) is 1.69. The van der Waals surface area contributed by atoms with Crippen LogP contribution in [-0.4, -0.2) is 22.4 Å². The highest BCUT2D eigenvalue weighted by Crippen LogP contribution is 2.33. The number of carboxylic acid groups (broad SMARTS) is 1. The van der Waals surface area contributed by atoms with Crippen molar-refractivity contribution in [1.29, 1.82) is 0 Å². The smallest absolute Gasteiger partial charge is 0.358 e. The van der Waals surface area contributed by atoms with E-state index >= 15 is 0 Å². The molecule has 3 rings (SSSR count). The molecular formula is C17H10Br2N2O3. The number of hydrogen-bond donors (Lipinski definition) is 1. The molecular weight excluding hydrogens is 440 g/mol. The molecule has 120 valence electrons. The van der Waals surface area contributed by atoms with Gasteiger partial charge in [0.05, 0.1) is 5.56 Å². The van der Waals surface area contributed by atoms with E-state index in [1.807, 2.05) is 36.4 Å². The maximum Gasteiger partial charge on any atom is 0.358 e. The van der Waals surface area contributed by atoms with Crippen molar-refractivity contribution in [3.63, 3.8) is 0 Å². The molecule has 0 bridgehead atoms. The SMILES string of the molecule is O=C(O)c1noc(/N=C/c2cc(Br)cc(Br)c2)c1-c1ccccc1. The summed E-state index contributed by atoms with van der Waals surface area (Å²) in [6, 6.07) is 14.7. The maximum absolute atomic E-state index is 11.4. The quantitative estimate of drug-likeness (QED) is 0.547. The highest BCUT2D eigenvalue weighted by atomic mass is 79.9. The average Bonchev–Trinajstić information content (AvgIpc) is 2.97. The number of nitrogens with zero attached hydrogens (tertiary/aromatic N) is 2. The zero-order valence-electron chi connectivity index (χ0n) is 12.1. The van der Waals surface area contributed by atoms with E-state index in [0.717, 1.165) is 14.5 Å². The van der Waals surface area contributed by atoms with Gasteiger partial charge in [-0.2, -0.15) is 0 Å². The molecule has 0 aliphatic heterocycles. The van der Waals surface area contributed by atoms with Gasteiger partial charge in [0.2, 0.25) is 5.69 Å². The topological polar surface area (TPSA) is 75.7 Å². The van der Waals surface area contributed by atoms with Crippen molar-refractivity contribution in [3.8, 4) is 11.1 Å². The van der Waals surface area contributed by atoms with Gasteiger partial charge in [-0.3, -0.25) is 0 Å². The van der Waals surface area contributed by atoms with Gasteiger partial charge in [-0.15, -0.1) is 0 Å². The molecule has 0 saturated heterocycles. The fourth-order valence-electron chi connectivity index (χ4n) is 2.16. The number of hydrogen-bond acceptors (Lipinski definition) is 4. The van der Waals surface area contributed by atoms with Crippen molar-refractivity contribution in [2.24, 2.45) is 4.99 Å². The molecule has 0 aliphatic carbocycles. The molecule has 0 saturated carbocycles. The number of halogens is 2. The molecule has 0 fully saturated rings. The van der Waals surface area contributed by atoms with Crippen molar-refractivity contribution in [2.45, 2.75) is 0 Å². The second-order valence-corrected chi connectivity index (χ2v) is 6.67. The van der Waals surface area contributed by atoms with Gasteiger partial charge in [-0.05, 0) is 29.3 Å². The van der Waals surface area contributed by atoms with E-state index in [1.54, 1.807) is 18.3 Å². The van der Waals surface area contributed by atoms with Crippen LogP contribution in [0.5, 0.6) is 0 Å². The van der Waals surface area contributed by atoms with Crippen LogP contribution in [0.1, 0.15) is 16.1 Å². The Hall–Kier alpha value is -2.25. The number of aromatic carboxylic acids is 1. The van der Waals surface area contributed by atoms with E-state index in [-0.39, 0.29) is 11.6 Å². The second kappa shape index (κ2) is 7.11. The Labute approximate surface area is 154 Å². The largest absolute Gasteiger partial charge is 0.476 e. The molecule has 0 radical (unpaired) electrons. The molecule has 1 aromatic heterocycles. The van der Waals surface area contributed by atoms with Crippen molar-refractivity contribution < 1.29 is 14.4 Å². The number of carbonyl (C=O) groups is 1. The third kappa shape index (κ3) is 3.63. The Morgan fingerprint density at radius 3 is 2.42 bits per heavy atom.